The summed E-state index contributed by atoms with van der Waals surface area (Å²) in [6.07, 6.45) is 0.177. The van der Waals surface area contributed by atoms with Gasteiger partial charge in [-0.15, -0.1) is 0 Å². The maximum atomic E-state index is 11.7. The summed E-state index contributed by atoms with van der Waals surface area (Å²) in [5.74, 6) is -0.404. The van der Waals surface area contributed by atoms with Crippen molar-refractivity contribution in [2.45, 2.75) is 26.3 Å². The summed E-state index contributed by atoms with van der Waals surface area (Å²) >= 11 is 0. The van der Waals surface area contributed by atoms with Gasteiger partial charge in [-0.2, -0.15) is 0 Å². The van der Waals surface area contributed by atoms with Crippen LogP contribution in [0.25, 0.3) is 0 Å². The average molecular weight is 249 g/mol. The number of carbonyl (C=O) groups is 2. The first-order valence-corrected chi connectivity index (χ1v) is 5.95. The SMILES string of the molecule is CCNC(=O)C(C)NC(=O)Cc1ccccc1N. The van der Waals surface area contributed by atoms with E-state index in [1.165, 1.54) is 0 Å². The van der Waals surface area contributed by atoms with E-state index >= 15 is 0 Å². The Balaban J connectivity index is 2.52. The van der Waals surface area contributed by atoms with Crippen molar-refractivity contribution in [2.24, 2.45) is 0 Å². The maximum absolute atomic E-state index is 11.7. The van der Waals surface area contributed by atoms with Gasteiger partial charge in [0.05, 0.1) is 6.42 Å². The van der Waals surface area contributed by atoms with E-state index in [-0.39, 0.29) is 18.2 Å². The van der Waals surface area contributed by atoms with Gasteiger partial charge < -0.3 is 16.4 Å². The van der Waals surface area contributed by atoms with Crippen molar-refractivity contribution in [1.29, 1.82) is 0 Å². The van der Waals surface area contributed by atoms with Crippen LogP contribution in [0.2, 0.25) is 0 Å². The van der Waals surface area contributed by atoms with E-state index in [2.05, 4.69) is 10.6 Å². The predicted molar refractivity (Wildman–Crippen MR) is 70.8 cm³/mol. The summed E-state index contributed by atoms with van der Waals surface area (Å²) in [5, 5.41) is 5.28. The summed E-state index contributed by atoms with van der Waals surface area (Å²) in [6, 6.07) is 6.64. The Morgan fingerprint density at radius 1 is 1.33 bits per heavy atom. The number of hydrogen-bond acceptors (Lipinski definition) is 3. The Morgan fingerprint density at radius 2 is 2.00 bits per heavy atom. The first-order chi connectivity index (χ1) is 8.54. The number of para-hydroxylation sites is 1. The van der Waals surface area contributed by atoms with Gasteiger partial charge in [-0.25, -0.2) is 0 Å². The first kappa shape index (κ1) is 14.0. The van der Waals surface area contributed by atoms with E-state index in [9.17, 15) is 9.59 Å². The highest BCUT2D eigenvalue weighted by Gasteiger charge is 2.15. The number of nitrogens with one attached hydrogen (secondary N) is 2. The molecule has 98 valence electrons. The highest BCUT2D eigenvalue weighted by Crippen LogP contribution is 2.10. The van der Waals surface area contributed by atoms with Gasteiger partial charge in [0.15, 0.2) is 0 Å². The van der Waals surface area contributed by atoms with Gasteiger partial charge in [0.25, 0.3) is 0 Å². The van der Waals surface area contributed by atoms with Crippen molar-refractivity contribution in [3.05, 3.63) is 29.8 Å². The fourth-order valence-corrected chi connectivity index (χ4v) is 1.55. The molecule has 0 saturated carbocycles. The van der Waals surface area contributed by atoms with Crippen LogP contribution in [-0.4, -0.2) is 24.4 Å². The molecule has 0 aromatic heterocycles. The minimum Gasteiger partial charge on any atom is -0.398 e. The molecule has 18 heavy (non-hydrogen) atoms. The minimum atomic E-state index is -0.539. The first-order valence-electron chi connectivity index (χ1n) is 5.95. The van der Waals surface area contributed by atoms with Gasteiger partial charge in [0, 0.05) is 12.2 Å². The van der Waals surface area contributed by atoms with E-state index in [4.69, 9.17) is 5.73 Å². The third-order valence-corrected chi connectivity index (χ3v) is 2.53. The molecule has 2 amide bonds. The third kappa shape index (κ3) is 4.08. The molecule has 0 heterocycles. The average Bonchev–Trinajstić information content (AvgIpc) is 2.32. The second kappa shape index (κ2) is 6.64. The van der Waals surface area contributed by atoms with Crippen molar-refractivity contribution in [3.8, 4) is 0 Å². The molecule has 4 N–H and O–H groups in total. The predicted octanol–water partition coefficient (Wildman–Crippen LogP) is 0.452. The van der Waals surface area contributed by atoms with E-state index in [0.29, 0.717) is 12.2 Å². The lowest BCUT2D eigenvalue weighted by Gasteiger charge is -2.13. The standard InChI is InChI=1S/C13H19N3O2/c1-3-15-13(18)9(2)16-12(17)8-10-6-4-5-7-11(10)14/h4-7,9H,3,8,14H2,1-2H3,(H,15,18)(H,16,17). The molecule has 1 aromatic rings. The number of likely N-dealkylation sites (N-methyl/N-ethyl adjacent to an activating group) is 1. The molecule has 0 radical (unpaired) electrons. The van der Waals surface area contributed by atoms with Crippen molar-refractivity contribution >= 4 is 17.5 Å². The molecule has 0 spiro atoms. The summed E-state index contributed by atoms with van der Waals surface area (Å²) < 4.78 is 0. The van der Waals surface area contributed by atoms with E-state index in [0.717, 1.165) is 5.56 Å². The van der Waals surface area contributed by atoms with Gasteiger partial charge in [0.1, 0.15) is 6.04 Å². The number of amides is 2. The number of nitrogens with two attached hydrogens (primary N) is 1. The molecule has 0 saturated heterocycles. The molecule has 5 nitrogen and oxygen atoms in total. The van der Waals surface area contributed by atoms with Crippen LogP contribution in [0.1, 0.15) is 19.4 Å². The zero-order valence-electron chi connectivity index (χ0n) is 10.7. The molecule has 1 rings (SSSR count). The Kier molecular flexibility index (Phi) is 5.17. The second-order valence-corrected chi connectivity index (χ2v) is 4.06. The van der Waals surface area contributed by atoms with Crippen LogP contribution in [0.3, 0.4) is 0 Å². The smallest absolute Gasteiger partial charge is 0.242 e. The van der Waals surface area contributed by atoms with E-state index < -0.39 is 6.04 Å². The molecule has 1 aromatic carbocycles. The molecule has 1 atom stereocenters. The maximum Gasteiger partial charge on any atom is 0.242 e. The number of nitrogen functional groups attached to an aromatic ring is 1. The molecule has 0 aliphatic carbocycles. The second-order valence-electron chi connectivity index (χ2n) is 4.06. The minimum absolute atomic E-state index is 0.177. The lowest BCUT2D eigenvalue weighted by molar-refractivity contribution is -0.128. The van der Waals surface area contributed by atoms with Crippen LogP contribution < -0.4 is 16.4 Å². The number of hydrogen-bond donors (Lipinski definition) is 3. The van der Waals surface area contributed by atoms with E-state index in [1.807, 2.05) is 19.1 Å². The van der Waals surface area contributed by atoms with Gasteiger partial charge in [-0.05, 0) is 25.5 Å². The topological polar surface area (TPSA) is 84.2 Å². The Labute approximate surface area is 107 Å². The van der Waals surface area contributed by atoms with Crippen LogP contribution in [0, 0.1) is 0 Å². The number of benzene rings is 1. The van der Waals surface area contributed by atoms with Gasteiger partial charge in [-0.3, -0.25) is 9.59 Å². The summed E-state index contributed by atoms with van der Waals surface area (Å²) in [7, 11) is 0. The van der Waals surface area contributed by atoms with Crippen molar-refractivity contribution in [2.75, 3.05) is 12.3 Å². The quantitative estimate of drug-likeness (QED) is 0.662. The molecule has 0 fully saturated rings. The normalized spacial score (nSPS) is 11.7. The van der Waals surface area contributed by atoms with Crippen LogP contribution in [-0.2, 0) is 16.0 Å². The van der Waals surface area contributed by atoms with Gasteiger partial charge in [-0.1, -0.05) is 18.2 Å². The highest BCUT2D eigenvalue weighted by molar-refractivity contribution is 5.88. The highest BCUT2D eigenvalue weighted by atomic mass is 16.2. The largest absolute Gasteiger partial charge is 0.398 e. The van der Waals surface area contributed by atoms with E-state index in [1.54, 1.807) is 19.1 Å². The lowest BCUT2D eigenvalue weighted by Crippen LogP contribution is -2.45. The number of rotatable bonds is 5. The molecule has 5 heteroatoms. The molecule has 0 aliphatic heterocycles. The molecule has 1 unspecified atom stereocenters. The van der Waals surface area contributed by atoms with Crippen LogP contribution in [0.15, 0.2) is 24.3 Å². The number of anilines is 1. The summed E-state index contributed by atoms with van der Waals surface area (Å²) in [5.41, 5.74) is 7.09. The van der Waals surface area contributed by atoms with Gasteiger partial charge >= 0.3 is 0 Å². The van der Waals surface area contributed by atoms with Crippen molar-refractivity contribution in [3.63, 3.8) is 0 Å². The third-order valence-electron chi connectivity index (χ3n) is 2.53. The zero-order valence-corrected chi connectivity index (χ0v) is 10.7. The van der Waals surface area contributed by atoms with Crippen molar-refractivity contribution in [1.82, 2.24) is 10.6 Å². The molecule has 0 aliphatic rings. The summed E-state index contributed by atoms with van der Waals surface area (Å²) in [6.45, 7) is 4.03. The molecular weight excluding hydrogens is 230 g/mol. The van der Waals surface area contributed by atoms with Crippen LogP contribution in [0.4, 0.5) is 5.69 Å². The monoisotopic (exact) mass is 249 g/mol. The number of carbonyl (C=O) groups excluding carboxylic acids is 2. The fraction of sp³-hybridized carbons (Fsp3) is 0.385. The Hall–Kier alpha value is -2.04. The zero-order chi connectivity index (χ0) is 13.5. The molecule has 0 bridgehead atoms. The molecular formula is C13H19N3O2. The summed E-state index contributed by atoms with van der Waals surface area (Å²) in [4.78, 5) is 23.2. The lowest BCUT2D eigenvalue weighted by atomic mass is 10.1. The Bertz CT molecular complexity index is 432. The van der Waals surface area contributed by atoms with Gasteiger partial charge in [0.2, 0.25) is 11.8 Å². The van der Waals surface area contributed by atoms with Crippen molar-refractivity contribution < 1.29 is 9.59 Å². The Morgan fingerprint density at radius 3 is 2.61 bits per heavy atom. The van der Waals surface area contributed by atoms with Crippen LogP contribution >= 0.6 is 0 Å². The fourth-order valence-electron chi connectivity index (χ4n) is 1.55. The van der Waals surface area contributed by atoms with Crippen LogP contribution in [0.5, 0.6) is 0 Å².